The van der Waals surface area contributed by atoms with Gasteiger partial charge in [-0.2, -0.15) is 12.6 Å². The molecule has 0 saturated carbocycles. The number of carbonyl (C=O) groups is 1. The Morgan fingerprint density at radius 2 is 1.93 bits per heavy atom. The largest absolute Gasteiger partial charge is 0.303 e. The van der Waals surface area contributed by atoms with Gasteiger partial charge in [-0.05, 0) is 24.8 Å². The third kappa shape index (κ3) is 4.47. The van der Waals surface area contributed by atoms with Gasteiger partial charge in [0.15, 0.2) is 0 Å². The Morgan fingerprint density at radius 1 is 1.21 bits per heavy atom. The first kappa shape index (κ1) is 11.3. The first-order valence-corrected chi connectivity index (χ1v) is 5.50. The Morgan fingerprint density at radius 3 is 2.57 bits per heavy atom. The molecule has 0 aliphatic carbocycles. The van der Waals surface area contributed by atoms with Gasteiger partial charge in [-0.1, -0.05) is 30.3 Å². The second-order valence-electron chi connectivity index (χ2n) is 3.42. The average molecular weight is 208 g/mol. The average Bonchev–Trinajstić information content (AvgIpc) is 2.25. The molecule has 0 aromatic heterocycles. The molecule has 14 heavy (non-hydrogen) atoms. The summed E-state index contributed by atoms with van der Waals surface area (Å²) in [4.78, 5) is 10.1. The molecule has 0 aliphatic rings. The fraction of sp³-hybridized carbons (Fsp3) is 0.417. The summed E-state index contributed by atoms with van der Waals surface area (Å²) in [5.74, 6) is 0. The molecule has 0 radical (unpaired) electrons. The van der Waals surface area contributed by atoms with Crippen LogP contribution in [0, 0.1) is 0 Å². The minimum absolute atomic E-state index is 0.348. The molecule has 1 atom stereocenters. The predicted octanol–water partition coefficient (Wildman–Crippen LogP) is 2.90. The number of aryl methyl sites for hydroxylation is 1. The van der Waals surface area contributed by atoms with Crippen molar-refractivity contribution in [2.24, 2.45) is 0 Å². The van der Waals surface area contributed by atoms with E-state index in [-0.39, 0.29) is 0 Å². The highest BCUT2D eigenvalue weighted by molar-refractivity contribution is 7.80. The number of thiol groups is 1. The summed E-state index contributed by atoms with van der Waals surface area (Å²) in [7, 11) is 0. The molecule has 0 amide bonds. The summed E-state index contributed by atoms with van der Waals surface area (Å²) in [5.41, 5.74) is 1.35. The minimum Gasteiger partial charge on any atom is -0.303 e. The quantitative estimate of drug-likeness (QED) is 0.562. The summed E-state index contributed by atoms with van der Waals surface area (Å²) in [6.45, 7) is 0. The highest BCUT2D eigenvalue weighted by Gasteiger charge is 2.02. The fourth-order valence-corrected chi connectivity index (χ4v) is 1.66. The van der Waals surface area contributed by atoms with Crippen molar-refractivity contribution in [3.8, 4) is 0 Å². The molecule has 1 aromatic carbocycles. The summed E-state index contributed by atoms with van der Waals surface area (Å²) in [5, 5.41) is 0.348. The standard InChI is InChI=1S/C12H16OS/c13-10-4-7-12(14)9-8-11-5-2-1-3-6-11/h1-3,5-6,10,12,14H,4,7-9H2. The van der Waals surface area contributed by atoms with Crippen LogP contribution in [0.1, 0.15) is 24.8 Å². The lowest BCUT2D eigenvalue weighted by Gasteiger charge is -2.08. The highest BCUT2D eigenvalue weighted by atomic mass is 32.1. The van der Waals surface area contributed by atoms with Crippen molar-refractivity contribution in [2.45, 2.75) is 30.9 Å². The van der Waals surface area contributed by atoms with Crippen LogP contribution in [0.4, 0.5) is 0 Å². The first-order valence-electron chi connectivity index (χ1n) is 4.98. The van der Waals surface area contributed by atoms with E-state index in [4.69, 9.17) is 0 Å². The maximum absolute atomic E-state index is 10.1. The van der Waals surface area contributed by atoms with Crippen LogP contribution in [0.3, 0.4) is 0 Å². The summed E-state index contributed by atoms with van der Waals surface area (Å²) in [6, 6.07) is 10.4. The van der Waals surface area contributed by atoms with E-state index >= 15 is 0 Å². The molecule has 76 valence electrons. The van der Waals surface area contributed by atoms with Gasteiger partial charge in [0.05, 0.1) is 0 Å². The zero-order valence-electron chi connectivity index (χ0n) is 8.23. The smallest absolute Gasteiger partial charge is 0.120 e. The van der Waals surface area contributed by atoms with Gasteiger partial charge in [-0.15, -0.1) is 0 Å². The van der Waals surface area contributed by atoms with Crippen molar-refractivity contribution in [3.05, 3.63) is 35.9 Å². The van der Waals surface area contributed by atoms with E-state index in [1.165, 1.54) is 5.56 Å². The summed E-state index contributed by atoms with van der Waals surface area (Å²) >= 11 is 4.44. The molecule has 1 nitrogen and oxygen atoms in total. The van der Waals surface area contributed by atoms with Gasteiger partial charge in [0.2, 0.25) is 0 Å². The van der Waals surface area contributed by atoms with Crippen LogP contribution in [0.5, 0.6) is 0 Å². The molecular formula is C12H16OS. The van der Waals surface area contributed by atoms with Crippen LogP contribution >= 0.6 is 12.6 Å². The van der Waals surface area contributed by atoms with Gasteiger partial charge >= 0.3 is 0 Å². The van der Waals surface area contributed by atoms with Crippen molar-refractivity contribution in [1.82, 2.24) is 0 Å². The van der Waals surface area contributed by atoms with Crippen LogP contribution in [0.25, 0.3) is 0 Å². The molecule has 0 fully saturated rings. The topological polar surface area (TPSA) is 17.1 Å². The normalized spacial score (nSPS) is 12.4. The Kier molecular flexibility index (Phi) is 5.38. The van der Waals surface area contributed by atoms with Gasteiger partial charge in [0.1, 0.15) is 6.29 Å². The van der Waals surface area contributed by atoms with Crippen molar-refractivity contribution >= 4 is 18.9 Å². The molecule has 0 bridgehead atoms. The number of hydrogen-bond acceptors (Lipinski definition) is 2. The fourth-order valence-electron chi connectivity index (χ4n) is 1.38. The van der Waals surface area contributed by atoms with Gasteiger partial charge in [0, 0.05) is 11.7 Å². The minimum atomic E-state index is 0.348. The van der Waals surface area contributed by atoms with E-state index in [0.717, 1.165) is 25.5 Å². The zero-order chi connectivity index (χ0) is 10.2. The Labute approximate surface area is 90.9 Å². The number of rotatable bonds is 6. The van der Waals surface area contributed by atoms with Gasteiger partial charge in [-0.25, -0.2) is 0 Å². The van der Waals surface area contributed by atoms with E-state index in [9.17, 15) is 4.79 Å². The Bertz CT molecular complexity index is 258. The number of aldehydes is 1. The van der Waals surface area contributed by atoms with E-state index in [2.05, 4.69) is 24.8 Å². The first-order chi connectivity index (χ1) is 6.83. The lowest BCUT2D eigenvalue weighted by Crippen LogP contribution is -2.01. The monoisotopic (exact) mass is 208 g/mol. The predicted molar refractivity (Wildman–Crippen MR) is 62.8 cm³/mol. The van der Waals surface area contributed by atoms with Gasteiger partial charge < -0.3 is 4.79 Å². The van der Waals surface area contributed by atoms with Gasteiger partial charge in [0.25, 0.3) is 0 Å². The van der Waals surface area contributed by atoms with Crippen LogP contribution < -0.4 is 0 Å². The van der Waals surface area contributed by atoms with E-state index in [1.807, 2.05) is 18.2 Å². The van der Waals surface area contributed by atoms with Crippen LogP contribution in [-0.2, 0) is 11.2 Å². The van der Waals surface area contributed by atoms with Crippen LogP contribution in [0.15, 0.2) is 30.3 Å². The molecule has 0 heterocycles. The number of carbonyl (C=O) groups excluding carboxylic acids is 1. The van der Waals surface area contributed by atoms with Crippen molar-refractivity contribution in [3.63, 3.8) is 0 Å². The molecule has 1 rings (SSSR count). The van der Waals surface area contributed by atoms with E-state index in [0.29, 0.717) is 11.7 Å². The number of benzene rings is 1. The third-order valence-corrected chi connectivity index (χ3v) is 2.74. The van der Waals surface area contributed by atoms with Crippen molar-refractivity contribution in [2.75, 3.05) is 0 Å². The lowest BCUT2D eigenvalue weighted by molar-refractivity contribution is -0.107. The highest BCUT2D eigenvalue weighted by Crippen LogP contribution is 2.12. The van der Waals surface area contributed by atoms with E-state index < -0.39 is 0 Å². The summed E-state index contributed by atoms with van der Waals surface area (Å²) < 4.78 is 0. The molecule has 0 N–H and O–H groups in total. The van der Waals surface area contributed by atoms with Gasteiger partial charge in [-0.3, -0.25) is 0 Å². The second kappa shape index (κ2) is 6.66. The molecule has 1 aromatic rings. The van der Waals surface area contributed by atoms with Crippen LogP contribution in [0.2, 0.25) is 0 Å². The van der Waals surface area contributed by atoms with E-state index in [1.54, 1.807) is 0 Å². The Hall–Kier alpha value is -0.760. The molecule has 0 saturated heterocycles. The third-order valence-electron chi connectivity index (χ3n) is 2.23. The summed E-state index contributed by atoms with van der Waals surface area (Å²) in [6.07, 6.45) is 4.57. The SMILES string of the molecule is O=CCCC(S)CCc1ccccc1. The molecule has 2 heteroatoms. The van der Waals surface area contributed by atoms with Crippen molar-refractivity contribution < 1.29 is 4.79 Å². The molecular weight excluding hydrogens is 192 g/mol. The lowest BCUT2D eigenvalue weighted by atomic mass is 10.1. The molecule has 1 unspecified atom stereocenters. The second-order valence-corrected chi connectivity index (χ2v) is 4.15. The molecule has 0 aliphatic heterocycles. The maximum atomic E-state index is 10.1. The van der Waals surface area contributed by atoms with Crippen LogP contribution in [-0.4, -0.2) is 11.5 Å². The maximum Gasteiger partial charge on any atom is 0.120 e. The molecule has 0 spiro atoms. The Balaban J connectivity index is 2.23. The van der Waals surface area contributed by atoms with Crippen molar-refractivity contribution in [1.29, 1.82) is 0 Å². The number of hydrogen-bond donors (Lipinski definition) is 1. The zero-order valence-corrected chi connectivity index (χ0v) is 9.12.